The van der Waals surface area contributed by atoms with Gasteiger partial charge in [-0.2, -0.15) is 0 Å². The molecule has 1 aliphatic rings. The van der Waals surface area contributed by atoms with Gasteiger partial charge in [-0.1, -0.05) is 15.9 Å². The van der Waals surface area contributed by atoms with Crippen molar-refractivity contribution in [1.82, 2.24) is 9.80 Å². The van der Waals surface area contributed by atoms with E-state index in [0.29, 0.717) is 29.7 Å². The summed E-state index contributed by atoms with van der Waals surface area (Å²) in [6.07, 6.45) is -0.406. The number of hydrogen-bond donors (Lipinski definition) is 0. The Hall–Kier alpha value is -2.16. The Kier molecular flexibility index (Phi) is 6.14. The first-order chi connectivity index (χ1) is 12.4. The zero-order valence-electron chi connectivity index (χ0n) is 16.1. The van der Waals surface area contributed by atoms with Crippen molar-refractivity contribution in [3.63, 3.8) is 0 Å². The number of nitro groups is 1. The van der Waals surface area contributed by atoms with Crippen molar-refractivity contribution in [2.45, 2.75) is 46.3 Å². The minimum Gasteiger partial charge on any atom is -0.444 e. The lowest BCUT2D eigenvalue weighted by atomic mass is 10.0. The Morgan fingerprint density at radius 2 is 1.93 bits per heavy atom. The predicted molar refractivity (Wildman–Crippen MR) is 104 cm³/mol. The van der Waals surface area contributed by atoms with Crippen LogP contribution < -0.4 is 0 Å². The Bertz CT molecular complexity index is 775. The quantitative estimate of drug-likeness (QED) is 0.514. The molecule has 0 unspecified atom stereocenters. The highest BCUT2D eigenvalue weighted by atomic mass is 79.9. The van der Waals surface area contributed by atoms with Gasteiger partial charge >= 0.3 is 6.09 Å². The first kappa shape index (κ1) is 21.1. The van der Waals surface area contributed by atoms with Crippen LogP contribution in [0.15, 0.2) is 16.6 Å². The van der Waals surface area contributed by atoms with Crippen LogP contribution in [0.25, 0.3) is 0 Å². The lowest BCUT2D eigenvalue weighted by Gasteiger charge is -2.40. The largest absolute Gasteiger partial charge is 0.444 e. The van der Waals surface area contributed by atoms with Crippen LogP contribution in [0, 0.1) is 17.0 Å². The van der Waals surface area contributed by atoms with Crippen molar-refractivity contribution in [3.8, 4) is 0 Å². The van der Waals surface area contributed by atoms with E-state index in [0.717, 1.165) is 0 Å². The summed E-state index contributed by atoms with van der Waals surface area (Å²) in [4.78, 5) is 39.2. The van der Waals surface area contributed by atoms with Crippen molar-refractivity contribution < 1.29 is 19.2 Å². The van der Waals surface area contributed by atoms with E-state index in [4.69, 9.17) is 4.74 Å². The summed E-state index contributed by atoms with van der Waals surface area (Å²) in [5.41, 5.74) is -0.0755. The van der Waals surface area contributed by atoms with Crippen LogP contribution in [0.4, 0.5) is 10.5 Å². The van der Waals surface area contributed by atoms with E-state index >= 15 is 0 Å². The zero-order valence-corrected chi connectivity index (χ0v) is 17.7. The van der Waals surface area contributed by atoms with Crippen molar-refractivity contribution in [2.24, 2.45) is 0 Å². The highest BCUT2D eigenvalue weighted by Gasteiger charge is 2.34. The van der Waals surface area contributed by atoms with E-state index in [2.05, 4.69) is 15.9 Å². The van der Waals surface area contributed by atoms with Gasteiger partial charge in [-0.3, -0.25) is 14.9 Å². The first-order valence-electron chi connectivity index (χ1n) is 8.64. The molecule has 2 amide bonds. The topological polar surface area (TPSA) is 93.0 Å². The van der Waals surface area contributed by atoms with Gasteiger partial charge in [-0.25, -0.2) is 4.79 Å². The SMILES string of the molecule is Cc1c(C(=O)N2CCN(C(=O)OC(C)(C)C)[C@@H](C)C2)cc(Br)cc1[N+](=O)[O-]. The molecule has 1 atom stereocenters. The molecule has 1 heterocycles. The number of piperazine rings is 1. The van der Waals surface area contributed by atoms with E-state index in [1.165, 1.54) is 6.07 Å². The van der Waals surface area contributed by atoms with Gasteiger partial charge in [0.05, 0.1) is 10.5 Å². The van der Waals surface area contributed by atoms with Crippen molar-refractivity contribution >= 4 is 33.6 Å². The normalized spacial score (nSPS) is 17.6. The summed E-state index contributed by atoms with van der Waals surface area (Å²) in [6.45, 7) is 9.84. The molecule has 0 saturated carbocycles. The monoisotopic (exact) mass is 441 g/mol. The second-order valence-corrected chi connectivity index (χ2v) is 8.54. The van der Waals surface area contributed by atoms with E-state index in [1.807, 2.05) is 6.92 Å². The molecule has 148 valence electrons. The molecule has 9 heteroatoms. The summed E-state index contributed by atoms with van der Waals surface area (Å²) >= 11 is 3.23. The minimum atomic E-state index is -0.587. The van der Waals surface area contributed by atoms with Crippen LogP contribution >= 0.6 is 15.9 Å². The molecule has 0 spiro atoms. The Labute approximate surface area is 166 Å². The fourth-order valence-electron chi connectivity index (χ4n) is 2.98. The van der Waals surface area contributed by atoms with Gasteiger partial charge in [-0.15, -0.1) is 0 Å². The van der Waals surface area contributed by atoms with E-state index in [1.54, 1.807) is 43.6 Å². The number of carbonyl (C=O) groups is 2. The number of amides is 2. The highest BCUT2D eigenvalue weighted by molar-refractivity contribution is 9.10. The standard InChI is InChI=1S/C18H24BrN3O5/c1-11-10-20(6-7-21(11)17(24)27-18(3,4)5)16(23)14-8-13(19)9-15(12(14)2)22(25)26/h8-9,11H,6-7,10H2,1-5H3/t11-/m0/s1. The van der Waals surface area contributed by atoms with Crippen LogP contribution in [0.2, 0.25) is 0 Å². The van der Waals surface area contributed by atoms with Gasteiger partial charge in [0.1, 0.15) is 5.60 Å². The van der Waals surface area contributed by atoms with Crippen LogP contribution in [0.1, 0.15) is 43.6 Å². The van der Waals surface area contributed by atoms with Crippen molar-refractivity contribution in [1.29, 1.82) is 0 Å². The minimum absolute atomic E-state index is 0.104. The fraction of sp³-hybridized carbons (Fsp3) is 0.556. The number of carbonyl (C=O) groups excluding carboxylic acids is 2. The van der Waals surface area contributed by atoms with Crippen LogP contribution in [0.3, 0.4) is 0 Å². The highest BCUT2D eigenvalue weighted by Crippen LogP contribution is 2.28. The lowest BCUT2D eigenvalue weighted by molar-refractivity contribution is -0.385. The molecule has 0 radical (unpaired) electrons. The van der Waals surface area contributed by atoms with Gasteiger partial charge in [0.15, 0.2) is 0 Å². The lowest BCUT2D eigenvalue weighted by Crippen LogP contribution is -2.56. The summed E-state index contributed by atoms with van der Waals surface area (Å²) in [5, 5.41) is 11.2. The Balaban J connectivity index is 2.17. The third kappa shape index (κ3) is 4.97. The van der Waals surface area contributed by atoms with Gasteiger partial charge in [0, 0.05) is 41.8 Å². The second kappa shape index (κ2) is 7.84. The molecule has 2 rings (SSSR count). The van der Waals surface area contributed by atoms with Gasteiger partial charge in [0.2, 0.25) is 0 Å². The van der Waals surface area contributed by atoms with E-state index < -0.39 is 16.6 Å². The average Bonchev–Trinajstić information content (AvgIpc) is 2.53. The molecule has 1 saturated heterocycles. The Morgan fingerprint density at radius 3 is 2.44 bits per heavy atom. The first-order valence-corrected chi connectivity index (χ1v) is 9.43. The smallest absolute Gasteiger partial charge is 0.410 e. The summed E-state index contributed by atoms with van der Waals surface area (Å²) in [7, 11) is 0. The molecule has 1 aliphatic heterocycles. The average molecular weight is 442 g/mol. The Morgan fingerprint density at radius 1 is 1.30 bits per heavy atom. The summed E-state index contributed by atoms with van der Waals surface area (Å²) in [5.74, 6) is -0.285. The molecule has 1 aromatic rings. The molecule has 8 nitrogen and oxygen atoms in total. The fourth-order valence-corrected chi connectivity index (χ4v) is 3.43. The predicted octanol–water partition coefficient (Wildman–Crippen LogP) is 3.75. The molecule has 1 fully saturated rings. The molecular weight excluding hydrogens is 418 g/mol. The van der Waals surface area contributed by atoms with Gasteiger partial charge in [0.25, 0.3) is 11.6 Å². The molecule has 0 bridgehead atoms. The third-order valence-electron chi connectivity index (χ3n) is 4.31. The molecule has 0 aromatic heterocycles. The number of benzene rings is 1. The van der Waals surface area contributed by atoms with E-state index in [-0.39, 0.29) is 23.2 Å². The number of ether oxygens (including phenoxy) is 1. The molecule has 0 aliphatic carbocycles. The maximum Gasteiger partial charge on any atom is 0.410 e. The van der Waals surface area contributed by atoms with Crippen molar-refractivity contribution in [2.75, 3.05) is 19.6 Å². The summed E-state index contributed by atoms with van der Waals surface area (Å²) < 4.78 is 5.88. The van der Waals surface area contributed by atoms with Crippen LogP contribution in [0.5, 0.6) is 0 Å². The number of hydrogen-bond acceptors (Lipinski definition) is 5. The summed E-state index contributed by atoms with van der Waals surface area (Å²) in [6, 6.07) is 2.75. The third-order valence-corrected chi connectivity index (χ3v) is 4.77. The maximum atomic E-state index is 12.9. The van der Waals surface area contributed by atoms with Crippen LogP contribution in [-0.4, -0.2) is 58.0 Å². The van der Waals surface area contributed by atoms with E-state index in [9.17, 15) is 19.7 Å². The van der Waals surface area contributed by atoms with Gasteiger partial charge in [-0.05, 0) is 40.7 Å². The zero-order chi connectivity index (χ0) is 20.5. The van der Waals surface area contributed by atoms with Gasteiger partial charge < -0.3 is 14.5 Å². The van der Waals surface area contributed by atoms with Crippen molar-refractivity contribution in [3.05, 3.63) is 37.8 Å². The second-order valence-electron chi connectivity index (χ2n) is 7.63. The molecular formula is C18H24BrN3O5. The number of nitro benzene ring substituents is 1. The number of nitrogens with zero attached hydrogens (tertiary/aromatic N) is 3. The molecule has 0 N–H and O–H groups in total. The van der Waals surface area contributed by atoms with Crippen LogP contribution in [-0.2, 0) is 4.74 Å². The molecule has 1 aromatic carbocycles. The maximum absolute atomic E-state index is 12.9. The molecule has 27 heavy (non-hydrogen) atoms. The number of halogens is 1. The number of rotatable bonds is 2.